The Morgan fingerprint density at radius 1 is 1.25 bits per heavy atom. The first-order chi connectivity index (χ1) is 11.8. The van der Waals surface area contributed by atoms with Crippen molar-refractivity contribution in [3.63, 3.8) is 0 Å². The first-order valence-corrected chi connectivity index (χ1v) is 9.05. The molecule has 1 aliphatic carbocycles. The zero-order valence-corrected chi connectivity index (χ0v) is 14.3. The van der Waals surface area contributed by atoms with Gasteiger partial charge < -0.3 is 4.74 Å². The van der Waals surface area contributed by atoms with Crippen LogP contribution >= 0.6 is 0 Å². The molecule has 0 unspecified atom stereocenters. The fourth-order valence-electron chi connectivity index (χ4n) is 3.24. The van der Waals surface area contributed by atoms with Gasteiger partial charge in [0.2, 0.25) is 0 Å². The molecule has 2 heterocycles. The molecule has 2 fully saturated rings. The summed E-state index contributed by atoms with van der Waals surface area (Å²) in [6.07, 6.45) is 8.41. The van der Waals surface area contributed by atoms with E-state index >= 15 is 0 Å². The lowest BCUT2D eigenvalue weighted by Crippen LogP contribution is -2.25. The minimum atomic E-state index is 0.306. The van der Waals surface area contributed by atoms with Crippen molar-refractivity contribution in [3.05, 3.63) is 41.7 Å². The fraction of sp³-hybridized carbons (Fsp3) is 0.476. The number of ether oxygens (including phenoxy) is 1. The maximum atomic E-state index is 5.85. The van der Waals surface area contributed by atoms with Gasteiger partial charge in [0.25, 0.3) is 0 Å². The third-order valence-electron chi connectivity index (χ3n) is 4.93. The van der Waals surface area contributed by atoms with Crippen molar-refractivity contribution in [1.29, 1.82) is 0 Å². The van der Waals surface area contributed by atoms with Crippen LogP contribution in [-0.2, 0) is 11.3 Å². The second-order valence-electron chi connectivity index (χ2n) is 6.94. The van der Waals surface area contributed by atoms with Crippen LogP contribution in [0.15, 0.2) is 30.5 Å². The number of rotatable bonds is 3. The molecule has 0 N–H and O–H groups in total. The van der Waals surface area contributed by atoms with Crippen LogP contribution in [-0.4, -0.2) is 22.5 Å². The van der Waals surface area contributed by atoms with Crippen molar-refractivity contribution in [2.24, 2.45) is 5.92 Å². The van der Waals surface area contributed by atoms with Crippen molar-refractivity contribution in [3.8, 4) is 23.0 Å². The Morgan fingerprint density at radius 3 is 2.96 bits per heavy atom. The molecule has 1 saturated heterocycles. The maximum Gasteiger partial charge on any atom is 0.0771 e. The molecule has 0 amide bonds. The van der Waals surface area contributed by atoms with Crippen LogP contribution in [0.2, 0.25) is 0 Å². The normalized spacial score (nSPS) is 20.5. The van der Waals surface area contributed by atoms with Gasteiger partial charge in [0.15, 0.2) is 0 Å². The van der Waals surface area contributed by atoms with E-state index < -0.39 is 0 Å². The summed E-state index contributed by atoms with van der Waals surface area (Å²) in [7, 11) is 0. The van der Waals surface area contributed by atoms with Gasteiger partial charge in [-0.2, -0.15) is 5.10 Å². The average molecular weight is 320 g/mol. The van der Waals surface area contributed by atoms with Crippen LogP contribution in [0.25, 0.3) is 11.1 Å². The Morgan fingerprint density at radius 2 is 2.17 bits per heavy atom. The molecule has 124 valence electrons. The van der Waals surface area contributed by atoms with E-state index in [4.69, 9.17) is 4.74 Å². The van der Waals surface area contributed by atoms with Crippen LogP contribution in [0.1, 0.15) is 43.4 Å². The lowest BCUT2D eigenvalue weighted by atomic mass is 10.0. The molecule has 0 spiro atoms. The second kappa shape index (κ2) is 6.83. The molecule has 1 aliphatic heterocycles. The van der Waals surface area contributed by atoms with Gasteiger partial charge in [-0.25, -0.2) is 0 Å². The smallest absolute Gasteiger partial charge is 0.0771 e. The van der Waals surface area contributed by atoms with Gasteiger partial charge in [-0.1, -0.05) is 24.0 Å². The summed E-state index contributed by atoms with van der Waals surface area (Å²) in [6.45, 7) is 3.89. The summed E-state index contributed by atoms with van der Waals surface area (Å²) in [5.74, 6) is 7.28. The monoisotopic (exact) mass is 320 g/mol. The summed E-state index contributed by atoms with van der Waals surface area (Å²) < 4.78 is 7.94. The van der Waals surface area contributed by atoms with E-state index in [2.05, 4.69) is 52.8 Å². The zero-order chi connectivity index (χ0) is 16.4. The highest BCUT2D eigenvalue weighted by molar-refractivity contribution is 5.67. The molecular formula is C21H24N2O. The van der Waals surface area contributed by atoms with Crippen molar-refractivity contribution >= 4 is 0 Å². The van der Waals surface area contributed by atoms with E-state index in [9.17, 15) is 0 Å². The molecule has 24 heavy (non-hydrogen) atoms. The van der Waals surface area contributed by atoms with Crippen LogP contribution in [0.3, 0.4) is 0 Å². The first kappa shape index (κ1) is 15.5. The Kier molecular flexibility index (Phi) is 4.40. The summed E-state index contributed by atoms with van der Waals surface area (Å²) in [4.78, 5) is 0. The Bertz CT molecular complexity index is 771. The molecule has 2 aliphatic rings. The predicted octanol–water partition coefficient (Wildman–Crippen LogP) is 4.19. The number of hydrogen-bond donors (Lipinski definition) is 0. The number of aromatic nitrogens is 2. The molecular weight excluding hydrogens is 296 g/mol. The van der Waals surface area contributed by atoms with Crippen molar-refractivity contribution < 1.29 is 4.74 Å². The highest BCUT2D eigenvalue weighted by Crippen LogP contribution is 2.28. The second-order valence-corrected chi connectivity index (χ2v) is 6.94. The number of hydrogen-bond acceptors (Lipinski definition) is 2. The molecule has 4 rings (SSSR count). The van der Waals surface area contributed by atoms with E-state index in [0.29, 0.717) is 12.0 Å². The number of nitrogens with zero attached hydrogens (tertiary/aromatic N) is 2. The van der Waals surface area contributed by atoms with Gasteiger partial charge in [-0.05, 0) is 56.7 Å². The largest absolute Gasteiger partial charge is 0.376 e. The predicted molar refractivity (Wildman–Crippen MR) is 95.6 cm³/mol. The first-order valence-electron chi connectivity index (χ1n) is 9.05. The molecule has 1 atom stereocenters. The van der Waals surface area contributed by atoms with Crippen molar-refractivity contribution in [2.45, 2.75) is 51.7 Å². The summed E-state index contributed by atoms with van der Waals surface area (Å²) >= 11 is 0. The quantitative estimate of drug-likeness (QED) is 0.793. The lowest BCUT2D eigenvalue weighted by molar-refractivity contribution is 0.00366. The topological polar surface area (TPSA) is 27.1 Å². The molecule has 2 aromatic rings. The van der Waals surface area contributed by atoms with Crippen LogP contribution in [0.5, 0.6) is 0 Å². The Balaban J connectivity index is 1.53. The highest BCUT2D eigenvalue weighted by Gasteiger charge is 2.18. The van der Waals surface area contributed by atoms with Gasteiger partial charge in [0, 0.05) is 29.3 Å². The summed E-state index contributed by atoms with van der Waals surface area (Å²) in [6, 6.07) is 8.51. The third-order valence-corrected chi connectivity index (χ3v) is 4.93. The van der Waals surface area contributed by atoms with Crippen LogP contribution < -0.4 is 0 Å². The van der Waals surface area contributed by atoms with Gasteiger partial charge >= 0.3 is 0 Å². The minimum absolute atomic E-state index is 0.306. The molecule has 1 saturated carbocycles. The zero-order valence-electron chi connectivity index (χ0n) is 14.3. The summed E-state index contributed by atoms with van der Waals surface area (Å²) in [5.41, 5.74) is 4.70. The highest BCUT2D eigenvalue weighted by atomic mass is 16.5. The number of benzene rings is 1. The standard InChI is InChI=1S/C21H24N2O/c1-16-21(14-22-23(16)15-20-7-2-3-12-24-20)19-6-4-5-18(13-19)11-10-17-8-9-17/h4-6,13-14,17,20H,2-3,7-9,12,15H2,1H3/t20-/m1/s1. The van der Waals surface area contributed by atoms with E-state index in [0.717, 1.165) is 25.1 Å². The molecule has 0 radical (unpaired) electrons. The molecule has 1 aromatic heterocycles. The minimum Gasteiger partial charge on any atom is -0.376 e. The van der Waals surface area contributed by atoms with Gasteiger partial charge in [0.1, 0.15) is 0 Å². The third kappa shape index (κ3) is 3.55. The van der Waals surface area contributed by atoms with Gasteiger partial charge in [-0.15, -0.1) is 0 Å². The van der Waals surface area contributed by atoms with Gasteiger partial charge in [0.05, 0.1) is 18.8 Å². The fourth-order valence-corrected chi connectivity index (χ4v) is 3.24. The molecule has 0 bridgehead atoms. The average Bonchev–Trinajstić information content (AvgIpc) is 3.38. The molecule has 1 aromatic carbocycles. The van der Waals surface area contributed by atoms with E-state index in [1.807, 2.05) is 6.20 Å². The molecule has 3 nitrogen and oxygen atoms in total. The van der Waals surface area contributed by atoms with Gasteiger partial charge in [-0.3, -0.25) is 4.68 Å². The maximum absolute atomic E-state index is 5.85. The van der Waals surface area contributed by atoms with E-state index in [-0.39, 0.29) is 0 Å². The van der Waals surface area contributed by atoms with E-state index in [1.165, 1.54) is 42.5 Å². The van der Waals surface area contributed by atoms with Crippen molar-refractivity contribution in [2.75, 3.05) is 6.61 Å². The van der Waals surface area contributed by atoms with Crippen LogP contribution in [0.4, 0.5) is 0 Å². The Hall–Kier alpha value is -2.05. The lowest BCUT2D eigenvalue weighted by Gasteiger charge is -2.23. The Labute approximate surface area is 144 Å². The van der Waals surface area contributed by atoms with E-state index in [1.54, 1.807) is 0 Å². The SMILES string of the molecule is Cc1c(-c2cccc(C#CC3CC3)c2)cnn1C[C@H]1CCCCO1. The molecule has 3 heteroatoms. The van der Waals surface area contributed by atoms with Crippen LogP contribution in [0, 0.1) is 24.7 Å². The summed E-state index contributed by atoms with van der Waals surface area (Å²) in [5, 5.41) is 4.60. The van der Waals surface area contributed by atoms with Crippen molar-refractivity contribution in [1.82, 2.24) is 9.78 Å².